The SMILES string of the molecule is Cc1n[nH]c(C)c1C(=O)Nc1ccc(C(=O)O)s1. The molecule has 0 aromatic carbocycles. The molecular formula is C11H11N3O3S. The quantitative estimate of drug-likeness (QED) is 0.791. The van der Waals surface area contributed by atoms with E-state index in [0.717, 1.165) is 11.3 Å². The zero-order valence-electron chi connectivity index (χ0n) is 9.77. The highest BCUT2D eigenvalue weighted by Gasteiger charge is 2.16. The van der Waals surface area contributed by atoms with Crippen molar-refractivity contribution in [2.45, 2.75) is 13.8 Å². The van der Waals surface area contributed by atoms with Crippen LogP contribution in [0.5, 0.6) is 0 Å². The zero-order valence-corrected chi connectivity index (χ0v) is 10.6. The molecule has 0 bridgehead atoms. The van der Waals surface area contributed by atoms with E-state index in [4.69, 9.17) is 5.11 Å². The smallest absolute Gasteiger partial charge is 0.345 e. The predicted molar refractivity (Wildman–Crippen MR) is 67.3 cm³/mol. The van der Waals surface area contributed by atoms with Crippen molar-refractivity contribution in [3.05, 3.63) is 34.0 Å². The van der Waals surface area contributed by atoms with E-state index in [1.165, 1.54) is 6.07 Å². The van der Waals surface area contributed by atoms with Gasteiger partial charge in [-0.15, -0.1) is 11.3 Å². The number of rotatable bonds is 3. The molecule has 1 amide bonds. The van der Waals surface area contributed by atoms with E-state index in [-0.39, 0.29) is 10.8 Å². The molecule has 0 saturated heterocycles. The lowest BCUT2D eigenvalue weighted by Gasteiger charge is -2.01. The van der Waals surface area contributed by atoms with Gasteiger partial charge in [-0.3, -0.25) is 9.89 Å². The summed E-state index contributed by atoms with van der Waals surface area (Å²) in [5, 5.41) is 18.6. The number of amides is 1. The molecule has 0 atom stereocenters. The molecule has 2 aromatic heterocycles. The normalized spacial score (nSPS) is 10.3. The van der Waals surface area contributed by atoms with Crippen molar-refractivity contribution in [2.24, 2.45) is 0 Å². The van der Waals surface area contributed by atoms with Gasteiger partial charge < -0.3 is 10.4 Å². The van der Waals surface area contributed by atoms with Crippen LogP contribution in [-0.2, 0) is 0 Å². The minimum Gasteiger partial charge on any atom is -0.477 e. The van der Waals surface area contributed by atoms with Gasteiger partial charge in [-0.05, 0) is 26.0 Å². The van der Waals surface area contributed by atoms with Crippen LogP contribution in [0.4, 0.5) is 5.00 Å². The summed E-state index contributed by atoms with van der Waals surface area (Å²) in [7, 11) is 0. The van der Waals surface area contributed by atoms with Crippen molar-refractivity contribution >= 4 is 28.2 Å². The minimum absolute atomic E-state index is 0.186. The molecule has 2 heterocycles. The summed E-state index contributed by atoms with van der Waals surface area (Å²) in [6.07, 6.45) is 0. The summed E-state index contributed by atoms with van der Waals surface area (Å²) < 4.78 is 0. The van der Waals surface area contributed by atoms with E-state index >= 15 is 0 Å². The number of H-pyrrole nitrogens is 1. The third-order valence-corrected chi connectivity index (χ3v) is 3.40. The number of aromatic amines is 1. The molecule has 0 aliphatic heterocycles. The number of hydrogen-bond donors (Lipinski definition) is 3. The number of carboxylic acid groups (broad SMARTS) is 1. The summed E-state index contributed by atoms with van der Waals surface area (Å²) in [6.45, 7) is 3.49. The summed E-state index contributed by atoms with van der Waals surface area (Å²) >= 11 is 1.02. The first-order valence-corrected chi connectivity index (χ1v) is 5.96. The first-order chi connectivity index (χ1) is 8.49. The monoisotopic (exact) mass is 265 g/mol. The summed E-state index contributed by atoms with van der Waals surface area (Å²) in [6, 6.07) is 3.02. The number of carbonyl (C=O) groups is 2. The van der Waals surface area contributed by atoms with Gasteiger partial charge in [-0.25, -0.2) is 4.79 Å². The summed E-state index contributed by atoms with van der Waals surface area (Å²) in [5.74, 6) is -1.30. The maximum atomic E-state index is 12.0. The fourth-order valence-electron chi connectivity index (χ4n) is 1.58. The molecule has 6 nitrogen and oxygen atoms in total. The zero-order chi connectivity index (χ0) is 13.3. The highest BCUT2D eigenvalue weighted by Crippen LogP contribution is 2.23. The van der Waals surface area contributed by atoms with Crippen LogP contribution >= 0.6 is 11.3 Å². The van der Waals surface area contributed by atoms with Crippen LogP contribution in [0.25, 0.3) is 0 Å². The van der Waals surface area contributed by atoms with Crippen molar-refractivity contribution < 1.29 is 14.7 Å². The molecule has 2 rings (SSSR count). The molecule has 0 spiro atoms. The number of carboxylic acids is 1. The second-order valence-electron chi connectivity index (χ2n) is 3.73. The third-order valence-electron chi connectivity index (χ3n) is 2.41. The molecule has 0 unspecified atom stereocenters. The van der Waals surface area contributed by atoms with Gasteiger partial charge in [0.2, 0.25) is 0 Å². The van der Waals surface area contributed by atoms with Crippen LogP contribution in [0.15, 0.2) is 12.1 Å². The Morgan fingerprint density at radius 3 is 2.61 bits per heavy atom. The van der Waals surface area contributed by atoms with Gasteiger partial charge in [0.15, 0.2) is 0 Å². The van der Waals surface area contributed by atoms with Crippen molar-refractivity contribution in [1.29, 1.82) is 0 Å². The highest BCUT2D eigenvalue weighted by atomic mass is 32.1. The molecule has 0 aliphatic carbocycles. The molecule has 2 aromatic rings. The number of anilines is 1. The third kappa shape index (κ3) is 2.25. The van der Waals surface area contributed by atoms with Gasteiger partial charge in [0, 0.05) is 5.69 Å². The lowest BCUT2D eigenvalue weighted by molar-refractivity contribution is 0.0702. The average molecular weight is 265 g/mol. The number of nitrogens with zero attached hydrogens (tertiary/aromatic N) is 1. The van der Waals surface area contributed by atoms with Gasteiger partial charge in [-0.2, -0.15) is 5.10 Å². The number of aromatic nitrogens is 2. The van der Waals surface area contributed by atoms with Crippen LogP contribution in [0.1, 0.15) is 31.4 Å². The fourth-order valence-corrected chi connectivity index (χ4v) is 2.32. The Bertz CT molecular complexity index is 595. The van der Waals surface area contributed by atoms with E-state index < -0.39 is 5.97 Å². The van der Waals surface area contributed by atoms with E-state index in [1.54, 1.807) is 19.9 Å². The van der Waals surface area contributed by atoms with E-state index in [0.29, 0.717) is 22.0 Å². The van der Waals surface area contributed by atoms with Crippen LogP contribution in [0.2, 0.25) is 0 Å². The lowest BCUT2D eigenvalue weighted by atomic mass is 10.2. The summed E-state index contributed by atoms with van der Waals surface area (Å²) in [4.78, 5) is 22.9. The maximum absolute atomic E-state index is 12.0. The Balaban J connectivity index is 2.19. The van der Waals surface area contributed by atoms with Crippen LogP contribution < -0.4 is 5.32 Å². The van der Waals surface area contributed by atoms with E-state index in [1.807, 2.05) is 0 Å². The number of carbonyl (C=O) groups excluding carboxylic acids is 1. The van der Waals surface area contributed by atoms with Crippen molar-refractivity contribution in [3.63, 3.8) is 0 Å². The molecular weight excluding hydrogens is 254 g/mol. The van der Waals surface area contributed by atoms with Gasteiger partial charge in [0.05, 0.1) is 16.3 Å². The molecule has 7 heteroatoms. The predicted octanol–water partition coefficient (Wildman–Crippen LogP) is 2.04. The lowest BCUT2D eigenvalue weighted by Crippen LogP contribution is -2.12. The number of aromatic carboxylic acids is 1. The molecule has 18 heavy (non-hydrogen) atoms. The molecule has 0 fully saturated rings. The molecule has 0 radical (unpaired) electrons. The first-order valence-electron chi connectivity index (χ1n) is 5.15. The van der Waals surface area contributed by atoms with Crippen molar-refractivity contribution in [3.8, 4) is 0 Å². The molecule has 3 N–H and O–H groups in total. The summed E-state index contributed by atoms with van der Waals surface area (Å²) in [5.41, 5.74) is 1.78. The van der Waals surface area contributed by atoms with Crippen LogP contribution in [0.3, 0.4) is 0 Å². The number of aryl methyl sites for hydroxylation is 2. The van der Waals surface area contributed by atoms with E-state index in [2.05, 4.69) is 15.5 Å². The minimum atomic E-state index is -1.00. The Labute approximate surface area is 107 Å². The fraction of sp³-hybridized carbons (Fsp3) is 0.182. The highest BCUT2D eigenvalue weighted by molar-refractivity contribution is 7.18. The number of hydrogen-bond acceptors (Lipinski definition) is 4. The molecule has 0 aliphatic rings. The average Bonchev–Trinajstić information content (AvgIpc) is 2.86. The Hall–Kier alpha value is -2.15. The maximum Gasteiger partial charge on any atom is 0.345 e. The van der Waals surface area contributed by atoms with Gasteiger partial charge in [0.25, 0.3) is 5.91 Å². The van der Waals surface area contributed by atoms with Crippen LogP contribution in [-0.4, -0.2) is 27.2 Å². The Kier molecular flexibility index (Phi) is 3.15. The van der Waals surface area contributed by atoms with Gasteiger partial charge in [0.1, 0.15) is 4.88 Å². The van der Waals surface area contributed by atoms with E-state index in [9.17, 15) is 9.59 Å². The Morgan fingerprint density at radius 1 is 1.39 bits per heavy atom. The standard InChI is InChI=1S/C11H11N3O3S/c1-5-9(6(2)14-13-5)10(15)12-8-4-3-7(18-8)11(16)17/h3-4H,1-2H3,(H,12,15)(H,13,14)(H,16,17). The second-order valence-corrected chi connectivity index (χ2v) is 4.82. The van der Waals surface area contributed by atoms with Gasteiger partial charge >= 0.3 is 5.97 Å². The Morgan fingerprint density at radius 2 is 2.11 bits per heavy atom. The van der Waals surface area contributed by atoms with Crippen molar-refractivity contribution in [2.75, 3.05) is 5.32 Å². The van der Waals surface area contributed by atoms with Crippen LogP contribution in [0, 0.1) is 13.8 Å². The molecule has 94 valence electrons. The first kappa shape index (κ1) is 12.3. The number of thiophene rings is 1. The topological polar surface area (TPSA) is 95.1 Å². The van der Waals surface area contributed by atoms with Gasteiger partial charge in [-0.1, -0.05) is 0 Å². The largest absolute Gasteiger partial charge is 0.477 e. The number of nitrogens with one attached hydrogen (secondary N) is 2. The van der Waals surface area contributed by atoms with Crippen molar-refractivity contribution in [1.82, 2.24) is 10.2 Å². The molecule has 0 saturated carbocycles. The second kappa shape index (κ2) is 4.61.